The highest BCUT2D eigenvalue weighted by atomic mass is 19.1. The fourth-order valence-corrected chi connectivity index (χ4v) is 3.99. The van der Waals surface area contributed by atoms with Gasteiger partial charge in [-0.3, -0.25) is 9.59 Å². The van der Waals surface area contributed by atoms with Crippen LogP contribution < -0.4 is 5.32 Å². The van der Waals surface area contributed by atoms with Crippen LogP contribution in [0.4, 0.5) is 10.1 Å². The number of hydrogen-bond donors (Lipinski definition) is 1. The molecule has 0 spiro atoms. The van der Waals surface area contributed by atoms with E-state index in [-0.39, 0.29) is 35.2 Å². The molecule has 3 heterocycles. The van der Waals surface area contributed by atoms with E-state index in [2.05, 4.69) is 15.5 Å². The van der Waals surface area contributed by atoms with E-state index in [0.717, 1.165) is 0 Å². The zero-order chi connectivity index (χ0) is 23.5. The Morgan fingerprint density at radius 1 is 1.03 bits per heavy atom. The highest BCUT2D eigenvalue weighted by molar-refractivity contribution is 6.03. The minimum atomic E-state index is -0.381. The molecule has 0 atom stereocenters. The molecule has 34 heavy (non-hydrogen) atoms. The predicted molar refractivity (Wildman–Crippen MR) is 121 cm³/mol. The number of aromatic nitrogens is 2. The summed E-state index contributed by atoms with van der Waals surface area (Å²) in [7, 11) is 0. The summed E-state index contributed by atoms with van der Waals surface area (Å²) in [6, 6.07) is 16.0. The van der Waals surface area contributed by atoms with Crippen molar-refractivity contribution in [2.45, 2.75) is 18.8 Å². The van der Waals surface area contributed by atoms with Crippen LogP contribution in [-0.2, 0) is 0 Å². The van der Waals surface area contributed by atoms with Gasteiger partial charge < -0.3 is 19.2 Å². The van der Waals surface area contributed by atoms with E-state index in [4.69, 9.17) is 8.94 Å². The molecule has 9 heteroatoms. The maximum Gasteiger partial charge on any atom is 0.291 e. The fraction of sp³-hybridized carbons (Fsp3) is 0.200. The minimum absolute atomic E-state index is 0.0500. The van der Waals surface area contributed by atoms with Crippen LogP contribution in [0.5, 0.6) is 0 Å². The van der Waals surface area contributed by atoms with Gasteiger partial charge in [-0.25, -0.2) is 4.39 Å². The molecule has 0 saturated carbocycles. The Balaban J connectivity index is 1.21. The van der Waals surface area contributed by atoms with E-state index < -0.39 is 0 Å². The summed E-state index contributed by atoms with van der Waals surface area (Å²) >= 11 is 0. The van der Waals surface area contributed by atoms with E-state index >= 15 is 0 Å². The van der Waals surface area contributed by atoms with Gasteiger partial charge >= 0.3 is 0 Å². The first-order valence-electron chi connectivity index (χ1n) is 10.9. The number of rotatable bonds is 5. The number of hydrogen-bond acceptors (Lipinski definition) is 6. The van der Waals surface area contributed by atoms with Crippen molar-refractivity contribution in [1.29, 1.82) is 0 Å². The number of halogens is 1. The van der Waals surface area contributed by atoms with Crippen LogP contribution in [0.25, 0.3) is 11.5 Å². The van der Waals surface area contributed by atoms with E-state index in [1.807, 2.05) is 0 Å². The first-order chi connectivity index (χ1) is 16.6. The number of likely N-dealkylation sites (tertiary alicyclic amines) is 1. The van der Waals surface area contributed by atoms with Gasteiger partial charge in [0.1, 0.15) is 5.82 Å². The van der Waals surface area contributed by atoms with Crippen molar-refractivity contribution in [2.75, 3.05) is 18.4 Å². The lowest BCUT2D eigenvalue weighted by atomic mass is 9.95. The van der Waals surface area contributed by atoms with Gasteiger partial charge in [-0.05, 0) is 61.4 Å². The summed E-state index contributed by atoms with van der Waals surface area (Å²) in [5.74, 6) is 0.230. The van der Waals surface area contributed by atoms with Crippen molar-refractivity contribution in [3.8, 4) is 11.5 Å². The Bertz CT molecular complexity index is 1310. The van der Waals surface area contributed by atoms with Gasteiger partial charge in [-0.2, -0.15) is 4.98 Å². The van der Waals surface area contributed by atoms with Gasteiger partial charge in [0, 0.05) is 35.8 Å². The number of carbonyl (C=O) groups excluding carboxylic acids is 2. The first-order valence-corrected chi connectivity index (χ1v) is 10.9. The number of carbonyl (C=O) groups is 2. The average molecular weight is 460 g/mol. The molecule has 172 valence electrons. The molecule has 0 aliphatic carbocycles. The lowest BCUT2D eigenvalue weighted by Gasteiger charge is -2.30. The zero-order valence-electron chi connectivity index (χ0n) is 18.1. The molecule has 1 aliphatic rings. The topological polar surface area (TPSA) is 101 Å². The van der Waals surface area contributed by atoms with Gasteiger partial charge in [0.25, 0.3) is 17.7 Å². The number of nitrogens with zero attached hydrogens (tertiary/aromatic N) is 3. The second kappa shape index (κ2) is 9.30. The zero-order valence-corrected chi connectivity index (χ0v) is 18.1. The summed E-state index contributed by atoms with van der Waals surface area (Å²) in [6.07, 6.45) is 2.79. The summed E-state index contributed by atoms with van der Waals surface area (Å²) in [6.45, 7) is 1.08. The molecule has 2 aromatic carbocycles. The molecule has 2 aromatic heterocycles. The third-order valence-corrected chi connectivity index (χ3v) is 5.77. The molecule has 0 unspecified atom stereocenters. The predicted octanol–water partition coefficient (Wildman–Crippen LogP) is 4.74. The second-order valence-corrected chi connectivity index (χ2v) is 8.05. The maximum atomic E-state index is 13.5. The molecule has 1 saturated heterocycles. The summed E-state index contributed by atoms with van der Waals surface area (Å²) < 4.78 is 23.9. The average Bonchev–Trinajstić information content (AvgIpc) is 3.57. The molecule has 0 bridgehead atoms. The van der Waals surface area contributed by atoms with Crippen LogP contribution in [0.1, 0.15) is 45.5 Å². The number of benzene rings is 2. The highest BCUT2D eigenvalue weighted by Crippen LogP contribution is 2.29. The van der Waals surface area contributed by atoms with Crippen LogP contribution in [0.15, 0.2) is 75.9 Å². The fourth-order valence-electron chi connectivity index (χ4n) is 3.99. The Hall–Kier alpha value is -4.27. The third-order valence-electron chi connectivity index (χ3n) is 5.77. The normalized spacial score (nSPS) is 14.2. The van der Waals surface area contributed by atoms with Gasteiger partial charge in [0.15, 0.2) is 11.6 Å². The number of amides is 2. The standard InChI is InChI=1S/C25H21FN4O4/c26-19-6-1-4-17(14-19)24-28-22(29-34-24)16-9-11-30(12-10-16)25(32)18-5-2-7-20(15-18)27-23(31)21-8-3-13-33-21/h1-8,13-16H,9-12H2,(H,27,31). The van der Waals surface area contributed by atoms with Crippen LogP contribution in [0.2, 0.25) is 0 Å². The van der Waals surface area contributed by atoms with Crippen molar-refractivity contribution in [3.63, 3.8) is 0 Å². The van der Waals surface area contributed by atoms with E-state index in [9.17, 15) is 14.0 Å². The molecule has 0 radical (unpaired) electrons. The second-order valence-electron chi connectivity index (χ2n) is 8.05. The van der Waals surface area contributed by atoms with Crippen LogP contribution in [0.3, 0.4) is 0 Å². The Morgan fingerprint density at radius 3 is 2.62 bits per heavy atom. The van der Waals surface area contributed by atoms with Crippen LogP contribution in [-0.4, -0.2) is 39.9 Å². The molecular formula is C25H21FN4O4. The Labute approximate surface area is 194 Å². The Morgan fingerprint density at radius 2 is 1.85 bits per heavy atom. The molecular weight excluding hydrogens is 439 g/mol. The quantitative estimate of drug-likeness (QED) is 0.462. The largest absolute Gasteiger partial charge is 0.459 e. The molecule has 1 aliphatic heterocycles. The van der Waals surface area contributed by atoms with Gasteiger partial charge in [-0.1, -0.05) is 17.3 Å². The van der Waals surface area contributed by atoms with Gasteiger partial charge in [0.2, 0.25) is 0 Å². The molecule has 4 aromatic rings. The van der Waals surface area contributed by atoms with Crippen molar-refractivity contribution in [1.82, 2.24) is 15.0 Å². The van der Waals surface area contributed by atoms with Crippen molar-refractivity contribution >= 4 is 17.5 Å². The number of piperidine rings is 1. The number of anilines is 1. The third kappa shape index (κ3) is 4.59. The van der Waals surface area contributed by atoms with Gasteiger partial charge in [0.05, 0.1) is 6.26 Å². The van der Waals surface area contributed by atoms with E-state index in [1.54, 1.807) is 53.4 Å². The number of nitrogens with one attached hydrogen (secondary N) is 1. The van der Waals surface area contributed by atoms with Crippen LogP contribution >= 0.6 is 0 Å². The summed E-state index contributed by atoms with van der Waals surface area (Å²) in [5, 5.41) is 6.81. The SMILES string of the molecule is O=C(Nc1cccc(C(=O)N2CCC(c3noc(-c4cccc(F)c4)n3)CC2)c1)c1ccco1. The number of furan rings is 1. The molecule has 1 fully saturated rings. The monoisotopic (exact) mass is 460 g/mol. The van der Waals surface area contributed by atoms with Crippen LogP contribution in [0, 0.1) is 5.82 Å². The summed E-state index contributed by atoms with van der Waals surface area (Å²) in [5.41, 5.74) is 1.54. The first kappa shape index (κ1) is 21.6. The lowest BCUT2D eigenvalue weighted by molar-refractivity contribution is 0.0710. The van der Waals surface area contributed by atoms with Crippen molar-refractivity contribution < 1.29 is 22.9 Å². The summed E-state index contributed by atoms with van der Waals surface area (Å²) in [4.78, 5) is 31.5. The lowest BCUT2D eigenvalue weighted by Crippen LogP contribution is -2.38. The molecule has 1 N–H and O–H groups in total. The van der Waals surface area contributed by atoms with E-state index in [0.29, 0.717) is 48.6 Å². The molecule has 8 nitrogen and oxygen atoms in total. The van der Waals surface area contributed by atoms with Crippen molar-refractivity contribution in [2.24, 2.45) is 0 Å². The smallest absolute Gasteiger partial charge is 0.291 e. The van der Waals surface area contributed by atoms with Crippen molar-refractivity contribution in [3.05, 3.63) is 89.9 Å². The minimum Gasteiger partial charge on any atom is -0.459 e. The maximum absolute atomic E-state index is 13.5. The highest BCUT2D eigenvalue weighted by Gasteiger charge is 2.28. The molecule has 2 amide bonds. The van der Waals surface area contributed by atoms with E-state index in [1.165, 1.54) is 18.4 Å². The van der Waals surface area contributed by atoms with Gasteiger partial charge in [-0.15, -0.1) is 0 Å². The molecule has 5 rings (SSSR count). The Kier molecular flexibility index (Phi) is 5.90.